The number of anilines is 8. The van der Waals surface area contributed by atoms with Gasteiger partial charge < -0.3 is 9.80 Å². The Morgan fingerprint density at radius 1 is 0.347 bits per heavy atom. The van der Waals surface area contributed by atoms with Gasteiger partial charge in [0.2, 0.25) is 0 Å². The van der Waals surface area contributed by atoms with Crippen molar-refractivity contribution in [3.05, 3.63) is 212 Å². The van der Waals surface area contributed by atoms with Gasteiger partial charge in [0.05, 0.1) is 45.3 Å². The van der Waals surface area contributed by atoms with Gasteiger partial charge in [0.15, 0.2) is 0 Å². The molecule has 0 atom stereocenters. The summed E-state index contributed by atoms with van der Waals surface area (Å²) in [4.78, 5) is 40.1. The summed E-state index contributed by atoms with van der Waals surface area (Å²) in [5, 5.41) is 2.23. The van der Waals surface area contributed by atoms with E-state index >= 15 is 9.59 Å². The van der Waals surface area contributed by atoms with E-state index in [1.165, 1.54) is 33.6 Å². The van der Waals surface area contributed by atoms with E-state index < -0.39 is 0 Å². The molecule has 12 rings (SSSR count). The first-order valence-electron chi connectivity index (χ1n) is 25.9. The summed E-state index contributed by atoms with van der Waals surface area (Å²) in [6, 6.07) is 51.9. The van der Waals surface area contributed by atoms with E-state index in [1.54, 1.807) is 0 Å². The lowest BCUT2D eigenvalue weighted by molar-refractivity contribution is -0.113. The second-order valence-corrected chi connectivity index (χ2v) is 20.0. The molecule has 0 unspecified atom stereocenters. The highest BCUT2D eigenvalue weighted by Crippen LogP contribution is 2.57. The van der Waals surface area contributed by atoms with Gasteiger partial charge >= 0.3 is 0 Å². The maximum Gasteiger partial charge on any atom is 0.263 e. The van der Waals surface area contributed by atoms with Gasteiger partial charge in [0.25, 0.3) is 11.8 Å². The molecule has 0 saturated heterocycles. The van der Waals surface area contributed by atoms with Gasteiger partial charge in [-0.3, -0.25) is 19.4 Å². The second kappa shape index (κ2) is 17.4. The van der Waals surface area contributed by atoms with E-state index in [9.17, 15) is 0 Å². The van der Waals surface area contributed by atoms with Crippen LogP contribution in [0.5, 0.6) is 0 Å². The van der Waals surface area contributed by atoms with Crippen LogP contribution in [0.3, 0.4) is 0 Å². The standard InChI is InChI=1S/C66H60N4O2/c1-9-43-25-17-21-39(5)59(43)67-37-53(57-51-29-13-15-31-55(51)69(65(57)71)61-41(7)23-19-27-45(61)11-3)49-35-34-48-47(63(49)67)33-36-50-54(38-68(64(48)50)60-40(6)22-18-26-44(60)10-2)58-52-30-14-16-32-56(52)70(66(58)72)62-42(8)24-20-28-46(62)12-4/h13-36H,9-12,37-38H2,1-8H3/b57-53-,58-54-. The fraction of sp³-hybridized carbons (Fsp3) is 0.212. The maximum absolute atomic E-state index is 15.6. The zero-order valence-electron chi connectivity index (χ0n) is 42.7. The first-order chi connectivity index (χ1) is 35.1. The monoisotopic (exact) mass is 940 g/mol. The number of rotatable bonds is 8. The Kier molecular flexibility index (Phi) is 10.9. The third-order valence-electron chi connectivity index (χ3n) is 16.0. The molecule has 0 spiro atoms. The minimum atomic E-state index is 0.0129. The number of hydrogen-bond donors (Lipinski definition) is 0. The molecule has 2 amide bonds. The van der Waals surface area contributed by atoms with Crippen LogP contribution < -0.4 is 19.6 Å². The number of carbonyl (C=O) groups is 2. The van der Waals surface area contributed by atoms with Crippen molar-refractivity contribution in [1.82, 2.24) is 0 Å². The van der Waals surface area contributed by atoms with Crippen LogP contribution in [-0.2, 0) is 35.3 Å². The van der Waals surface area contributed by atoms with Crippen molar-refractivity contribution in [2.75, 3.05) is 32.7 Å². The van der Waals surface area contributed by atoms with Crippen molar-refractivity contribution in [3.63, 3.8) is 0 Å². The summed E-state index contributed by atoms with van der Waals surface area (Å²) in [5.74, 6) is 0.0258. The van der Waals surface area contributed by atoms with E-state index in [4.69, 9.17) is 0 Å². The minimum absolute atomic E-state index is 0.0129. The molecule has 0 bridgehead atoms. The average molecular weight is 941 g/mol. The Bertz CT molecular complexity index is 3460. The van der Waals surface area contributed by atoms with Crippen LogP contribution in [0.1, 0.15) is 94.5 Å². The Labute approximate surface area is 424 Å². The van der Waals surface area contributed by atoms with Crippen LogP contribution in [0.15, 0.2) is 146 Å². The van der Waals surface area contributed by atoms with Crippen LogP contribution in [0.25, 0.3) is 33.1 Å². The van der Waals surface area contributed by atoms with E-state index in [0.717, 1.165) is 137 Å². The number of carbonyl (C=O) groups excluding carboxylic acids is 2. The molecule has 6 nitrogen and oxygen atoms in total. The van der Waals surface area contributed by atoms with Gasteiger partial charge in [-0.05, 0) is 121 Å². The lowest BCUT2D eigenvalue weighted by atomic mass is 9.92. The topological polar surface area (TPSA) is 47.1 Å². The molecule has 4 aliphatic heterocycles. The van der Waals surface area contributed by atoms with Gasteiger partial charge in [-0.2, -0.15) is 0 Å². The number of nitrogens with zero attached hydrogens (tertiary/aromatic N) is 4. The Hall–Kier alpha value is -7.96. The maximum atomic E-state index is 15.6. The van der Waals surface area contributed by atoms with Crippen LogP contribution >= 0.6 is 0 Å². The van der Waals surface area contributed by atoms with Crippen molar-refractivity contribution in [1.29, 1.82) is 0 Å². The van der Waals surface area contributed by atoms with Crippen molar-refractivity contribution in [3.8, 4) is 0 Å². The summed E-state index contributed by atoms with van der Waals surface area (Å²) in [5.41, 5.74) is 25.5. The van der Waals surface area contributed by atoms with E-state index in [2.05, 4.69) is 211 Å². The predicted molar refractivity (Wildman–Crippen MR) is 301 cm³/mol. The van der Waals surface area contributed by atoms with Gasteiger partial charge in [-0.25, -0.2) is 0 Å². The summed E-state index contributed by atoms with van der Waals surface area (Å²) in [7, 11) is 0. The number of fused-ring (bicyclic) bond motifs is 7. The second-order valence-electron chi connectivity index (χ2n) is 20.0. The van der Waals surface area contributed by atoms with E-state index in [0.29, 0.717) is 13.1 Å². The molecule has 0 N–H and O–H groups in total. The Balaban J connectivity index is 1.14. The number of para-hydroxylation sites is 6. The van der Waals surface area contributed by atoms with Gasteiger partial charge in [-0.15, -0.1) is 0 Å². The Morgan fingerprint density at radius 3 is 1.04 bits per heavy atom. The normalized spacial score (nSPS) is 16.9. The van der Waals surface area contributed by atoms with Crippen LogP contribution in [0.4, 0.5) is 45.5 Å². The van der Waals surface area contributed by atoms with Gasteiger partial charge in [0.1, 0.15) is 0 Å². The molecule has 4 aliphatic rings. The molecule has 8 aromatic carbocycles. The van der Waals surface area contributed by atoms with Crippen molar-refractivity contribution >= 4 is 90.4 Å². The molecular weight excluding hydrogens is 881 g/mol. The first kappa shape index (κ1) is 45.2. The SMILES string of the molecule is CCc1cccc(C)c1N1C/C(=C2/C(=O)N(c3c(C)cccc3CC)c3ccccc32)c2ccc3c4c(ccc3c21)/C(=C1\C(=O)N(c2c(C)cccc2CC)c2ccccc21)CN4c1c(C)cccc1CC. The summed E-state index contributed by atoms with van der Waals surface area (Å²) in [6.07, 6.45) is 3.37. The number of benzene rings is 8. The number of aryl methyl sites for hydroxylation is 8. The van der Waals surface area contributed by atoms with Crippen LogP contribution in [0.2, 0.25) is 0 Å². The van der Waals surface area contributed by atoms with Crippen molar-refractivity contribution < 1.29 is 9.59 Å². The lowest BCUT2D eigenvalue weighted by Crippen LogP contribution is -2.23. The fourth-order valence-electron chi connectivity index (χ4n) is 12.8. The summed E-state index contributed by atoms with van der Waals surface area (Å²) in [6.45, 7) is 18.6. The number of hydrogen-bond acceptors (Lipinski definition) is 4. The highest BCUT2D eigenvalue weighted by Gasteiger charge is 2.44. The fourth-order valence-corrected chi connectivity index (χ4v) is 12.8. The molecule has 6 heteroatoms. The molecule has 0 aliphatic carbocycles. The highest BCUT2D eigenvalue weighted by molar-refractivity contribution is 6.42. The molecule has 0 radical (unpaired) electrons. The smallest absolute Gasteiger partial charge is 0.263 e. The molecule has 0 aromatic heterocycles. The van der Waals surface area contributed by atoms with Crippen LogP contribution in [-0.4, -0.2) is 24.9 Å². The highest BCUT2D eigenvalue weighted by atomic mass is 16.2. The average Bonchev–Trinajstić information content (AvgIpc) is 4.12. The molecule has 8 aromatic rings. The zero-order valence-corrected chi connectivity index (χ0v) is 42.7. The predicted octanol–water partition coefficient (Wildman–Crippen LogP) is 15.8. The summed E-state index contributed by atoms with van der Waals surface area (Å²) < 4.78 is 0. The molecule has 356 valence electrons. The first-order valence-corrected chi connectivity index (χ1v) is 25.9. The van der Waals surface area contributed by atoms with Crippen LogP contribution in [0, 0.1) is 27.7 Å². The molecule has 72 heavy (non-hydrogen) atoms. The summed E-state index contributed by atoms with van der Waals surface area (Å²) >= 11 is 0. The van der Waals surface area contributed by atoms with Crippen molar-refractivity contribution in [2.45, 2.75) is 81.1 Å². The quantitative estimate of drug-likeness (QED) is 0.142. The van der Waals surface area contributed by atoms with Gasteiger partial charge in [0, 0.05) is 57.5 Å². The zero-order chi connectivity index (χ0) is 49.7. The Morgan fingerprint density at radius 2 is 0.681 bits per heavy atom. The third kappa shape index (κ3) is 6.54. The largest absolute Gasteiger partial charge is 0.335 e. The van der Waals surface area contributed by atoms with Crippen molar-refractivity contribution in [2.24, 2.45) is 0 Å². The lowest BCUT2D eigenvalue weighted by Gasteiger charge is -2.28. The third-order valence-corrected chi connectivity index (χ3v) is 16.0. The molecule has 4 heterocycles. The minimum Gasteiger partial charge on any atom is -0.335 e. The molecular formula is C66H60N4O2. The molecule has 0 saturated carbocycles. The van der Waals surface area contributed by atoms with E-state index in [-0.39, 0.29) is 11.8 Å². The van der Waals surface area contributed by atoms with Gasteiger partial charge in [-0.1, -0.05) is 161 Å². The number of amides is 2. The molecule has 0 fully saturated rings. The van der Waals surface area contributed by atoms with E-state index in [1.807, 2.05) is 9.80 Å².